The first-order valence-electron chi connectivity index (χ1n) is 5.51. The maximum Gasteiger partial charge on any atom is 0.230 e. The number of ketones is 1. The smallest absolute Gasteiger partial charge is 0.230 e. The van der Waals surface area contributed by atoms with Gasteiger partial charge in [-0.05, 0) is 25.1 Å². The molecular weight excluding hydrogens is 302 g/mol. The summed E-state index contributed by atoms with van der Waals surface area (Å²) >= 11 is 1.10. The van der Waals surface area contributed by atoms with Crippen LogP contribution in [0.5, 0.6) is 0 Å². The average molecular weight is 314 g/mol. The Morgan fingerprint density at radius 1 is 1.55 bits per heavy atom. The molecule has 1 aromatic heterocycles. The van der Waals surface area contributed by atoms with Gasteiger partial charge in [-0.1, -0.05) is 17.9 Å². The number of thiazole rings is 1. The third-order valence-corrected chi connectivity index (χ3v) is 5.17. The van der Waals surface area contributed by atoms with Crippen LogP contribution in [0.3, 0.4) is 0 Å². The molecule has 0 fully saturated rings. The van der Waals surface area contributed by atoms with Crippen LogP contribution in [0.1, 0.15) is 6.92 Å². The highest BCUT2D eigenvalue weighted by molar-refractivity contribution is 7.96. The van der Waals surface area contributed by atoms with E-state index in [9.17, 15) is 13.2 Å². The van der Waals surface area contributed by atoms with Gasteiger partial charge >= 0.3 is 0 Å². The van der Waals surface area contributed by atoms with Crippen molar-refractivity contribution in [3.8, 4) is 0 Å². The Bertz CT molecular complexity index is 842. The van der Waals surface area contributed by atoms with Crippen LogP contribution in [0.4, 0.5) is 5.13 Å². The molecule has 9 heteroatoms. The van der Waals surface area contributed by atoms with Gasteiger partial charge in [0.05, 0.1) is 15.1 Å². The van der Waals surface area contributed by atoms with Gasteiger partial charge in [0.15, 0.2) is 5.78 Å². The molecule has 0 saturated carbocycles. The summed E-state index contributed by atoms with van der Waals surface area (Å²) < 4.78 is 31.5. The normalized spacial score (nSPS) is 12.2. The number of hydrogen-bond donors (Lipinski definition) is 1. The molecule has 0 unspecified atom stereocenters. The van der Waals surface area contributed by atoms with Gasteiger partial charge in [0, 0.05) is 0 Å². The number of sulfone groups is 1. The summed E-state index contributed by atoms with van der Waals surface area (Å²) in [5.41, 5.74) is 3.42. The van der Waals surface area contributed by atoms with E-state index in [1.54, 1.807) is 0 Å². The monoisotopic (exact) mass is 314 g/mol. The van der Waals surface area contributed by atoms with E-state index in [1.807, 2.05) is 0 Å². The Kier molecular flexibility index (Phi) is 4.02. The lowest BCUT2D eigenvalue weighted by Crippen LogP contribution is -2.10. The highest BCUT2D eigenvalue weighted by Gasteiger charge is 2.23. The van der Waals surface area contributed by atoms with Crippen molar-refractivity contribution >= 4 is 42.3 Å². The summed E-state index contributed by atoms with van der Waals surface area (Å²) in [6.45, 7) is 4.46. The summed E-state index contributed by atoms with van der Waals surface area (Å²) in [4.78, 5) is 14.8. The number of benzene rings is 1. The van der Waals surface area contributed by atoms with E-state index in [0.29, 0.717) is 10.2 Å². The lowest BCUT2D eigenvalue weighted by Gasteiger charge is -2.04. The second-order valence-electron chi connectivity index (χ2n) is 3.71. The minimum atomic E-state index is -3.89. The number of fused-ring (bicyclic) bond motifs is 1. The molecule has 0 aliphatic rings. The second-order valence-corrected chi connectivity index (χ2v) is 6.69. The second kappa shape index (κ2) is 5.57. The van der Waals surface area contributed by atoms with Crippen molar-refractivity contribution in [2.45, 2.75) is 11.8 Å². The van der Waals surface area contributed by atoms with Crippen LogP contribution < -0.4 is 0 Å². The molecule has 0 bridgehead atoms. The Morgan fingerprint density at radius 3 is 2.85 bits per heavy atom. The molecule has 2 rings (SSSR count). The van der Waals surface area contributed by atoms with Crippen molar-refractivity contribution in [2.24, 2.45) is 5.11 Å². The van der Waals surface area contributed by atoms with E-state index < -0.39 is 20.5 Å². The van der Waals surface area contributed by atoms with Crippen LogP contribution in [-0.2, 0) is 14.6 Å². The van der Waals surface area contributed by atoms with Gasteiger partial charge in [-0.2, -0.15) is 0 Å². The Balaban J connectivity index is 0.00000220. The molecule has 106 valence electrons. The van der Waals surface area contributed by atoms with Crippen molar-refractivity contribution in [1.29, 1.82) is 5.52 Å². The van der Waals surface area contributed by atoms with Crippen LogP contribution in [-0.4, -0.2) is 24.7 Å². The number of hydrogen-bond acceptors (Lipinski definition) is 7. The van der Waals surface area contributed by atoms with Crippen LogP contribution in [0, 0.1) is 5.52 Å². The predicted molar refractivity (Wildman–Crippen MR) is 75.0 cm³/mol. The third kappa shape index (κ3) is 2.64. The van der Waals surface area contributed by atoms with Crippen molar-refractivity contribution in [2.75, 3.05) is 0 Å². The van der Waals surface area contributed by atoms with Gasteiger partial charge in [0.25, 0.3) is 0 Å². The van der Waals surface area contributed by atoms with E-state index in [4.69, 9.17) is 1.41 Å². The SMILES string of the molecule is O.[2H]N=Nc1nc2ccc(S(=O)(=O)C(=C)C(C)=O)cc2s1. The zero-order chi connectivity index (χ0) is 14.9. The van der Waals surface area contributed by atoms with Crippen molar-refractivity contribution in [1.82, 2.24) is 4.98 Å². The topological polar surface area (TPSA) is 132 Å². The predicted octanol–water partition coefficient (Wildman–Crippen LogP) is 2.01. The molecule has 0 atom stereocenters. The summed E-state index contributed by atoms with van der Waals surface area (Å²) in [6, 6.07) is 4.27. The molecule has 1 aromatic carbocycles. The van der Waals surface area contributed by atoms with Crippen molar-refractivity contribution in [3.63, 3.8) is 0 Å². The molecule has 0 aliphatic carbocycles. The van der Waals surface area contributed by atoms with Gasteiger partial charge in [-0.15, -0.1) is 5.11 Å². The van der Waals surface area contributed by atoms with Gasteiger partial charge in [0.2, 0.25) is 16.4 Å². The molecule has 0 aliphatic heterocycles. The number of allylic oxidation sites excluding steroid dienone is 1. The molecule has 1 heterocycles. The van der Waals surface area contributed by atoms with Crippen LogP contribution in [0.15, 0.2) is 39.7 Å². The highest BCUT2D eigenvalue weighted by atomic mass is 32.2. The molecule has 0 spiro atoms. The van der Waals surface area contributed by atoms with E-state index in [1.165, 1.54) is 18.2 Å². The summed E-state index contributed by atoms with van der Waals surface area (Å²) in [7, 11) is -3.89. The zero-order valence-corrected chi connectivity index (χ0v) is 12.0. The van der Waals surface area contributed by atoms with E-state index >= 15 is 0 Å². The van der Waals surface area contributed by atoms with E-state index in [2.05, 4.69) is 22.2 Å². The summed E-state index contributed by atoms with van der Waals surface area (Å²) in [5, 5.41) is 3.74. The lowest BCUT2D eigenvalue weighted by atomic mass is 10.3. The standard InChI is InChI=1S/C11H9N3O3S2.H2O/c1-6(15)7(2)19(16,17)8-3-4-9-10(5-8)18-11(13-9)14-12;/h3-5,12H,2H2,1H3;1H2/i/hD. The number of carbonyl (C=O) groups excluding carboxylic acids is 1. The minimum Gasteiger partial charge on any atom is -0.412 e. The van der Waals surface area contributed by atoms with Gasteiger partial charge < -0.3 is 5.48 Å². The van der Waals surface area contributed by atoms with Crippen LogP contribution in [0.25, 0.3) is 10.2 Å². The number of nitrogens with one attached hydrogen (secondary N) is 1. The van der Waals surface area contributed by atoms with Crippen LogP contribution >= 0.6 is 11.3 Å². The number of rotatable bonds is 4. The molecule has 0 amide bonds. The molecule has 3 N–H and O–H groups in total. The molecule has 0 radical (unpaired) electrons. The maximum absolute atomic E-state index is 12.1. The first-order chi connectivity index (χ1) is 9.36. The molecule has 0 saturated heterocycles. The number of Topliss-reactive ketones (excluding diaryl/α,β-unsaturated/α-hetero) is 1. The molecule has 2 aromatic rings. The van der Waals surface area contributed by atoms with Crippen molar-refractivity contribution < 1.29 is 20.1 Å². The summed E-state index contributed by atoms with van der Waals surface area (Å²) in [5.74, 6) is -0.599. The van der Waals surface area contributed by atoms with Gasteiger partial charge in [-0.25, -0.2) is 18.9 Å². The maximum atomic E-state index is 12.1. The van der Waals surface area contributed by atoms with Gasteiger partial charge in [-0.3, -0.25) is 4.79 Å². The number of aromatic nitrogens is 1. The summed E-state index contributed by atoms with van der Waals surface area (Å²) in [6.07, 6.45) is 0. The van der Waals surface area contributed by atoms with Gasteiger partial charge in [0.1, 0.15) is 4.91 Å². The molecular formula is C11H11N3O4S2. The highest BCUT2D eigenvalue weighted by Crippen LogP contribution is 2.31. The first-order valence-corrected chi connectivity index (χ1v) is 7.37. The quantitative estimate of drug-likeness (QED) is 0.682. The third-order valence-electron chi connectivity index (χ3n) is 2.46. The number of carbonyl (C=O) groups is 1. The molecule has 7 nitrogen and oxygen atoms in total. The lowest BCUT2D eigenvalue weighted by molar-refractivity contribution is -0.113. The Labute approximate surface area is 120 Å². The van der Waals surface area contributed by atoms with Crippen LogP contribution in [0.2, 0.25) is 1.41 Å². The fourth-order valence-corrected chi connectivity index (χ4v) is 3.48. The van der Waals surface area contributed by atoms with Crippen molar-refractivity contribution in [3.05, 3.63) is 29.7 Å². The van der Waals surface area contributed by atoms with E-state index in [-0.39, 0.29) is 15.5 Å². The molecule has 20 heavy (non-hydrogen) atoms. The minimum absolute atomic E-state index is 0. The van der Waals surface area contributed by atoms with E-state index in [0.717, 1.165) is 18.3 Å². The Morgan fingerprint density at radius 2 is 2.25 bits per heavy atom. The zero-order valence-electron chi connectivity index (χ0n) is 11.3. The Hall–Kier alpha value is -1.97. The number of nitrogens with zero attached hydrogens (tertiary/aromatic N) is 2. The fraction of sp³-hybridized carbons (Fsp3) is 0.0909. The first kappa shape index (κ1) is 14.4. The largest absolute Gasteiger partial charge is 0.412 e. The fourth-order valence-electron chi connectivity index (χ4n) is 1.43. The average Bonchev–Trinajstić information content (AvgIpc) is 2.79.